The van der Waals surface area contributed by atoms with Gasteiger partial charge in [-0.25, -0.2) is 4.79 Å². The molecule has 0 saturated carbocycles. The average molecular weight is 326 g/mol. The molecule has 0 aromatic heterocycles. The van der Waals surface area contributed by atoms with Crippen LogP contribution in [-0.2, 0) is 16.1 Å². The average Bonchev–Trinajstić information content (AvgIpc) is 2.52. The highest BCUT2D eigenvalue weighted by molar-refractivity contribution is 5.73. The molecule has 0 bridgehead atoms. The van der Waals surface area contributed by atoms with Crippen LogP contribution in [0, 0.1) is 0 Å². The van der Waals surface area contributed by atoms with E-state index in [1.165, 1.54) is 0 Å². The molecule has 8 nitrogen and oxygen atoms in total. The van der Waals surface area contributed by atoms with Crippen molar-refractivity contribution in [2.24, 2.45) is 0 Å². The van der Waals surface area contributed by atoms with Crippen LogP contribution in [0.15, 0.2) is 18.2 Å². The minimum atomic E-state index is -1.52. The van der Waals surface area contributed by atoms with Gasteiger partial charge in [-0.3, -0.25) is 0 Å². The van der Waals surface area contributed by atoms with Crippen molar-refractivity contribution in [3.05, 3.63) is 23.8 Å². The van der Waals surface area contributed by atoms with E-state index >= 15 is 0 Å². The molecule has 1 aromatic carbocycles. The van der Waals surface area contributed by atoms with Crippen LogP contribution in [0.3, 0.4) is 0 Å². The molecule has 23 heavy (non-hydrogen) atoms. The first-order valence-corrected chi connectivity index (χ1v) is 7.32. The number of hydrogen-bond donors (Lipinski definition) is 5. The molecule has 1 aliphatic rings. The predicted octanol–water partition coefficient (Wildman–Crippen LogP) is -0.252. The molecule has 4 atom stereocenters. The summed E-state index contributed by atoms with van der Waals surface area (Å²) in [6.45, 7) is 0.695. The van der Waals surface area contributed by atoms with Gasteiger partial charge in [0.05, 0.1) is 11.8 Å². The molecular formula is C15H22N2O6. The Bertz CT molecular complexity index is 553. The SMILES string of the molecule is CNCc1ccc(OC2CC(O)[C@H](O)C(C(=O)O)O2)c(NC)c1. The van der Waals surface area contributed by atoms with Crippen molar-refractivity contribution < 1.29 is 29.6 Å². The highest BCUT2D eigenvalue weighted by atomic mass is 16.7. The number of carboxylic acid groups (broad SMARTS) is 1. The summed E-state index contributed by atoms with van der Waals surface area (Å²) >= 11 is 0. The summed E-state index contributed by atoms with van der Waals surface area (Å²) in [5.41, 5.74) is 1.77. The van der Waals surface area contributed by atoms with Crippen LogP contribution in [0.5, 0.6) is 5.75 Å². The zero-order valence-electron chi connectivity index (χ0n) is 13.0. The maximum atomic E-state index is 11.1. The number of rotatable bonds is 6. The van der Waals surface area contributed by atoms with E-state index in [1.54, 1.807) is 13.1 Å². The molecular weight excluding hydrogens is 304 g/mol. The first kappa shape index (κ1) is 17.5. The summed E-state index contributed by atoms with van der Waals surface area (Å²) in [6, 6.07) is 5.51. The lowest BCUT2D eigenvalue weighted by Gasteiger charge is -2.35. The Morgan fingerprint density at radius 3 is 2.74 bits per heavy atom. The topological polar surface area (TPSA) is 120 Å². The van der Waals surface area contributed by atoms with E-state index in [-0.39, 0.29) is 6.42 Å². The van der Waals surface area contributed by atoms with Gasteiger partial charge in [0.1, 0.15) is 11.9 Å². The van der Waals surface area contributed by atoms with E-state index in [0.29, 0.717) is 18.0 Å². The lowest BCUT2D eigenvalue weighted by Crippen LogP contribution is -2.53. The minimum Gasteiger partial charge on any atom is -0.479 e. The fraction of sp³-hybridized carbons (Fsp3) is 0.533. The van der Waals surface area contributed by atoms with Gasteiger partial charge < -0.3 is 35.4 Å². The maximum Gasteiger partial charge on any atom is 0.335 e. The summed E-state index contributed by atoms with van der Waals surface area (Å²) < 4.78 is 10.9. The van der Waals surface area contributed by atoms with Crippen LogP contribution in [0.2, 0.25) is 0 Å². The van der Waals surface area contributed by atoms with Gasteiger partial charge in [-0.1, -0.05) is 6.07 Å². The molecule has 0 aliphatic carbocycles. The van der Waals surface area contributed by atoms with Crippen LogP contribution >= 0.6 is 0 Å². The Labute approximate surface area is 134 Å². The molecule has 1 aliphatic heterocycles. The molecule has 3 unspecified atom stereocenters. The zero-order valence-corrected chi connectivity index (χ0v) is 13.0. The standard InChI is InChI=1S/C15H22N2O6/c1-16-7-8-3-4-11(9(5-8)17-2)22-12-6-10(18)13(19)14(23-12)15(20)21/h3-5,10,12-14,16-19H,6-7H2,1-2H3,(H,20,21)/t10?,12?,13-,14?/m0/s1. The van der Waals surface area contributed by atoms with Crippen LogP contribution in [-0.4, -0.2) is 60.0 Å². The van der Waals surface area contributed by atoms with E-state index in [9.17, 15) is 15.0 Å². The van der Waals surface area contributed by atoms with Crippen molar-refractivity contribution >= 4 is 11.7 Å². The third-order valence-electron chi connectivity index (χ3n) is 3.63. The molecule has 8 heteroatoms. The van der Waals surface area contributed by atoms with Crippen molar-refractivity contribution in [2.45, 2.75) is 37.6 Å². The number of aliphatic hydroxyl groups excluding tert-OH is 2. The molecule has 5 N–H and O–H groups in total. The van der Waals surface area contributed by atoms with E-state index in [2.05, 4.69) is 10.6 Å². The van der Waals surface area contributed by atoms with Gasteiger partial charge in [0, 0.05) is 20.0 Å². The van der Waals surface area contributed by atoms with Crippen molar-refractivity contribution in [3.8, 4) is 5.75 Å². The maximum absolute atomic E-state index is 11.1. The quantitative estimate of drug-likeness (QED) is 0.485. The van der Waals surface area contributed by atoms with Crippen LogP contribution in [0.1, 0.15) is 12.0 Å². The largest absolute Gasteiger partial charge is 0.479 e. The smallest absolute Gasteiger partial charge is 0.335 e. The molecule has 1 fully saturated rings. The number of aliphatic hydroxyl groups is 2. The summed E-state index contributed by atoms with van der Waals surface area (Å²) in [5.74, 6) is -0.867. The Kier molecular flexibility index (Phi) is 5.78. The third kappa shape index (κ3) is 4.11. The van der Waals surface area contributed by atoms with Gasteiger partial charge >= 0.3 is 5.97 Å². The summed E-state index contributed by atoms with van der Waals surface area (Å²) in [6.07, 6.45) is -5.21. The van der Waals surface area contributed by atoms with Gasteiger partial charge in [0.25, 0.3) is 0 Å². The van der Waals surface area contributed by atoms with Gasteiger partial charge in [-0.05, 0) is 24.7 Å². The third-order valence-corrected chi connectivity index (χ3v) is 3.63. The van der Waals surface area contributed by atoms with Gasteiger partial charge in [0.15, 0.2) is 6.10 Å². The number of anilines is 1. The Balaban J connectivity index is 2.13. The van der Waals surface area contributed by atoms with Crippen molar-refractivity contribution in [3.63, 3.8) is 0 Å². The van der Waals surface area contributed by atoms with E-state index in [1.807, 2.05) is 19.2 Å². The number of benzene rings is 1. The van der Waals surface area contributed by atoms with Crippen molar-refractivity contribution in [2.75, 3.05) is 19.4 Å². The normalized spacial score (nSPS) is 27.5. The van der Waals surface area contributed by atoms with E-state index in [0.717, 1.165) is 5.56 Å². The van der Waals surface area contributed by atoms with E-state index in [4.69, 9.17) is 14.6 Å². The summed E-state index contributed by atoms with van der Waals surface area (Å²) in [4.78, 5) is 11.1. The number of nitrogens with one attached hydrogen (secondary N) is 2. The number of hydrogen-bond acceptors (Lipinski definition) is 7. The molecule has 2 rings (SSSR count). The van der Waals surface area contributed by atoms with Gasteiger partial charge in [-0.15, -0.1) is 0 Å². The molecule has 128 valence electrons. The van der Waals surface area contributed by atoms with Crippen molar-refractivity contribution in [1.29, 1.82) is 0 Å². The Hall–Kier alpha value is -1.87. The fourth-order valence-corrected chi connectivity index (χ4v) is 2.45. The van der Waals surface area contributed by atoms with Gasteiger partial charge in [0.2, 0.25) is 6.29 Å². The Morgan fingerprint density at radius 1 is 1.39 bits per heavy atom. The predicted molar refractivity (Wildman–Crippen MR) is 82.3 cm³/mol. The summed E-state index contributed by atoms with van der Waals surface area (Å²) in [5, 5.41) is 34.5. The van der Waals surface area contributed by atoms with Crippen LogP contribution < -0.4 is 15.4 Å². The first-order valence-electron chi connectivity index (χ1n) is 7.32. The number of aliphatic carboxylic acids is 1. The highest BCUT2D eigenvalue weighted by Gasteiger charge is 2.42. The first-order chi connectivity index (χ1) is 11.0. The molecule has 1 heterocycles. The number of ether oxygens (including phenoxy) is 2. The second-order valence-electron chi connectivity index (χ2n) is 5.35. The van der Waals surface area contributed by atoms with Crippen LogP contribution in [0.4, 0.5) is 5.69 Å². The Morgan fingerprint density at radius 2 is 2.13 bits per heavy atom. The summed E-state index contributed by atoms with van der Waals surface area (Å²) in [7, 11) is 3.59. The van der Waals surface area contributed by atoms with Crippen molar-refractivity contribution in [1.82, 2.24) is 5.32 Å². The lowest BCUT2D eigenvalue weighted by atomic mass is 10.0. The monoisotopic (exact) mass is 326 g/mol. The fourth-order valence-electron chi connectivity index (χ4n) is 2.45. The van der Waals surface area contributed by atoms with Crippen LogP contribution in [0.25, 0.3) is 0 Å². The lowest BCUT2D eigenvalue weighted by molar-refractivity contribution is -0.228. The second-order valence-corrected chi connectivity index (χ2v) is 5.35. The highest BCUT2D eigenvalue weighted by Crippen LogP contribution is 2.30. The molecule has 0 spiro atoms. The number of carboxylic acids is 1. The minimum absolute atomic E-state index is 0.0215. The molecule has 1 saturated heterocycles. The zero-order chi connectivity index (χ0) is 17.0. The number of carbonyl (C=O) groups is 1. The molecule has 0 radical (unpaired) electrons. The molecule has 0 amide bonds. The molecule has 1 aromatic rings. The van der Waals surface area contributed by atoms with Gasteiger partial charge in [-0.2, -0.15) is 0 Å². The van der Waals surface area contributed by atoms with E-state index < -0.39 is 30.6 Å². The second kappa shape index (κ2) is 7.60.